The number of para-hydroxylation sites is 1. The molecular weight excluding hydrogens is 192 g/mol. The van der Waals surface area contributed by atoms with Crippen LogP contribution in [0.4, 0.5) is 0 Å². The highest BCUT2D eigenvalue weighted by atomic mass is 16.1. The quantitative estimate of drug-likeness (QED) is 0.729. The van der Waals surface area contributed by atoms with E-state index < -0.39 is 5.91 Å². The lowest BCUT2D eigenvalue weighted by molar-refractivity contribution is -0.117. The zero-order chi connectivity index (χ0) is 10.8. The van der Waals surface area contributed by atoms with Gasteiger partial charge >= 0.3 is 0 Å². The topological polar surface area (TPSA) is 76.0 Å². The van der Waals surface area contributed by atoms with Crippen LogP contribution >= 0.6 is 0 Å². The number of nitrogens with two attached hydrogens (primary N) is 1. The Morgan fingerprint density at radius 2 is 2.13 bits per heavy atom. The van der Waals surface area contributed by atoms with Gasteiger partial charge < -0.3 is 10.7 Å². The number of carbonyl (C=O) groups is 2. The van der Waals surface area contributed by atoms with Crippen molar-refractivity contribution in [3.8, 4) is 0 Å². The van der Waals surface area contributed by atoms with Crippen LogP contribution in [-0.4, -0.2) is 17.2 Å². The van der Waals surface area contributed by atoms with Gasteiger partial charge in [0.05, 0.1) is 6.42 Å². The minimum absolute atomic E-state index is 0.0583. The first-order valence-corrected chi connectivity index (χ1v) is 4.55. The Morgan fingerprint density at radius 3 is 2.80 bits per heavy atom. The van der Waals surface area contributed by atoms with E-state index in [0.717, 1.165) is 17.2 Å². The maximum Gasteiger partial charge on any atom is 0.223 e. The molecule has 0 fully saturated rings. The van der Waals surface area contributed by atoms with E-state index in [0.29, 0.717) is 11.3 Å². The first-order valence-electron chi connectivity index (χ1n) is 4.55. The van der Waals surface area contributed by atoms with Crippen LogP contribution in [0.1, 0.15) is 16.1 Å². The SMILES string of the molecule is NC(=O)Cc1[nH]c2ccccc2c1C=O. The third-order valence-electron chi connectivity index (χ3n) is 2.30. The predicted molar refractivity (Wildman–Crippen MR) is 56.6 cm³/mol. The van der Waals surface area contributed by atoms with Crippen molar-refractivity contribution in [2.75, 3.05) is 0 Å². The fourth-order valence-electron chi connectivity index (χ4n) is 1.67. The van der Waals surface area contributed by atoms with Gasteiger partial charge in [0.1, 0.15) is 0 Å². The highest BCUT2D eigenvalue weighted by Crippen LogP contribution is 2.20. The van der Waals surface area contributed by atoms with Crippen LogP contribution in [0.15, 0.2) is 24.3 Å². The van der Waals surface area contributed by atoms with E-state index in [1.54, 1.807) is 0 Å². The minimum Gasteiger partial charge on any atom is -0.369 e. The number of hydrogen-bond acceptors (Lipinski definition) is 2. The van der Waals surface area contributed by atoms with Crippen molar-refractivity contribution in [3.63, 3.8) is 0 Å². The first-order chi connectivity index (χ1) is 7.22. The van der Waals surface area contributed by atoms with Crippen LogP contribution in [0.2, 0.25) is 0 Å². The van der Waals surface area contributed by atoms with E-state index >= 15 is 0 Å². The summed E-state index contributed by atoms with van der Waals surface area (Å²) in [5, 5.41) is 0.823. The van der Waals surface area contributed by atoms with E-state index in [4.69, 9.17) is 5.73 Å². The van der Waals surface area contributed by atoms with E-state index in [2.05, 4.69) is 4.98 Å². The Kier molecular flexibility index (Phi) is 2.25. The van der Waals surface area contributed by atoms with Crippen molar-refractivity contribution in [1.82, 2.24) is 4.98 Å². The molecule has 0 bridgehead atoms. The number of primary amides is 1. The molecule has 76 valence electrons. The summed E-state index contributed by atoms with van der Waals surface area (Å²) in [6.45, 7) is 0. The molecule has 4 heteroatoms. The van der Waals surface area contributed by atoms with E-state index in [1.807, 2.05) is 24.3 Å². The summed E-state index contributed by atoms with van der Waals surface area (Å²) in [4.78, 5) is 24.7. The van der Waals surface area contributed by atoms with Crippen molar-refractivity contribution in [1.29, 1.82) is 0 Å². The fraction of sp³-hybridized carbons (Fsp3) is 0.0909. The molecule has 0 radical (unpaired) electrons. The van der Waals surface area contributed by atoms with Gasteiger partial charge in [-0.05, 0) is 6.07 Å². The number of H-pyrrole nitrogens is 1. The molecule has 4 nitrogen and oxygen atoms in total. The molecule has 0 saturated carbocycles. The van der Waals surface area contributed by atoms with Crippen molar-refractivity contribution in [3.05, 3.63) is 35.5 Å². The lowest BCUT2D eigenvalue weighted by Crippen LogP contribution is -2.14. The lowest BCUT2D eigenvalue weighted by atomic mass is 10.1. The average Bonchev–Trinajstić information content (AvgIpc) is 2.53. The molecule has 1 amide bonds. The summed E-state index contributed by atoms with van der Waals surface area (Å²) in [5.41, 5.74) is 7.04. The average molecular weight is 202 g/mol. The van der Waals surface area contributed by atoms with Gasteiger partial charge in [-0.2, -0.15) is 0 Å². The van der Waals surface area contributed by atoms with Gasteiger partial charge in [0.25, 0.3) is 0 Å². The van der Waals surface area contributed by atoms with Crippen molar-refractivity contribution < 1.29 is 9.59 Å². The number of rotatable bonds is 3. The molecule has 0 aliphatic carbocycles. The van der Waals surface area contributed by atoms with Gasteiger partial charge in [-0.1, -0.05) is 18.2 Å². The number of aromatic nitrogens is 1. The number of amides is 1. The number of hydrogen-bond donors (Lipinski definition) is 2. The summed E-state index contributed by atoms with van der Waals surface area (Å²) < 4.78 is 0. The van der Waals surface area contributed by atoms with E-state index in [-0.39, 0.29) is 6.42 Å². The van der Waals surface area contributed by atoms with Crippen LogP contribution in [0.3, 0.4) is 0 Å². The second-order valence-electron chi connectivity index (χ2n) is 3.32. The maximum atomic E-state index is 10.9. The summed E-state index contributed by atoms with van der Waals surface area (Å²) in [7, 11) is 0. The lowest BCUT2D eigenvalue weighted by Gasteiger charge is -1.93. The molecule has 0 spiro atoms. The second-order valence-corrected chi connectivity index (χ2v) is 3.32. The van der Waals surface area contributed by atoms with E-state index in [9.17, 15) is 9.59 Å². The molecule has 2 rings (SSSR count). The summed E-state index contributed by atoms with van der Waals surface area (Å²) in [6, 6.07) is 7.39. The van der Waals surface area contributed by atoms with Gasteiger partial charge in [0.2, 0.25) is 5.91 Å². The number of aromatic amines is 1. The molecule has 0 aliphatic heterocycles. The summed E-state index contributed by atoms with van der Waals surface area (Å²) >= 11 is 0. The standard InChI is InChI=1S/C11H10N2O2/c12-11(15)5-10-8(6-14)7-3-1-2-4-9(7)13-10/h1-4,6,13H,5H2,(H2,12,15). The maximum absolute atomic E-state index is 10.9. The normalized spacial score (nSPS) is 10.4. The highest BCUT2D eigenvalue weighted by molar-refractivity contribution is 6.00. The van der Waals surface area contributed by atoms with Crippen molar-refractivity contribution >= 4 is 23.1 Å². The van der Waals surface area contributed by atoms with Gasteiger partial charge in [0.15, 0.2) is 6.29 Å². The van der Waals surface area contributed by atoms with Crippen LogP contribution < -0.4 is 5.73 Å². The zero-order valence-electron chi connectivity index (χ0n) is 7.99. The molecule has 0 atom stereocenters. The number of carbonyl (C=O) groups excluding carboxylic acids is 2. The molecule has 1 aromatic carbocycles. The molecule has 3 N–H and O–H groups in total. The monoisotopic (exact) mass is 202 g/mol. The van der Waals surface area contributed by atoms with Crippen LogP contribution in [0.25, 0.3) is 10.9 Å². The molecule has 15 heavy (non-hydrogen) atoms. The predicted octanol–water partition coefficient (Wildman–Crippen LogP) is 1.01. The molecular formula is C11H10N2O2. The van der Waals surface area contributed by atoms with Crippen LogP contribution in [0, 0.1) is 0 Å². The number of benzene rings is 1. The smallest absolute Gasteiger partial charge is 0.223 e. The third kappa shape index (κ3) is 1.61. The fourth-order valence-corrected chi connectivity index (χ4v) is 1.67. The molecule has 1 heterocycles. The van der Waals surface area contributed by atoms with Crippen LogP contribution in [-0.2, 0) is 11.2 Å². The van der Waals surface area contributed by atoms with E-state index in [1.165, 1.54) is 0 Å². The van der Waals surface area contributed by atoms with Gasteiger partial charge in [-0.15, -0.1) is 0 Å². The Labute approximate surface area is 86.1 Å². The van der Waals surface area contributed by atoms with Gasteiger partial charge in [0, 0.05) is 22.2 Å². The Bertz CT molecular complexity index is 528. The Hall–Kier alpha value is -2.10. The van der Waals surface area contributed by atoms with Crippen LogP contribution in [0.5, 0.6) is 0 Å². The molecule has 0 unspecified atom stereocenters. The summed E-state index contributed by atoms with van der Waals surface area (Å²) in [6.07, 6.45) is 0.805. The summed E-state index contributed by atoms with van der Waals surface area (Å²) in [5.74, 6) is -0.454. The largest absolute Gasteiger partial charge is 0.369 e. The molecule has 0 saturated heterocycles. The van der Waals surface area contributed by atoms with Crippen molar-refractivity contribution in [2.45, 2.75) is 6.42 Å². The molecule has 2 aromatic rings. The Morgan fingerprint density at radius 1 is 1.40 bits per heavy atom. The number of aldehydes is 1. The van der Waals surface area contributed by atoms with Gasteiger partial charge in [-0.25, -0.2) is 0 Å². The zero-order valence-corrected chi connectivity index (χ0v) is 7.99. The second kappa shape index (κ2) is 3.57. The minimum atomic E-state index is -0.454. The number of nitrogens with one attached hydrogen (secondary N) is 1. The molecule has 0 aliphatic rings. The highest BCUT2D eigenvalue weighted by Gasteiger charge is 2.11. The van der Waals surface area contributed by atoms with Crippen molar-refractivity contribution in [2.24, 2.45) is 5.73 Å². The Balaban J connectivity index is 2.63. The van der Waals surface area contributed by atoms with Gasteiger partial charge in [-0.3, -0.25) is 9.59 Å². The number of fused-ring (bicyclic) bond motifs is 1. The molecule has 1 aromatic heterocycles. The first kappa shape index (κ1) is 9.45. The third-order valence-corrected chi connectivity index (χ3v) is 2.30.